The fourth-order valence-electron chi connectivity index (χ4n) is 2.34. The molecule has 1 saturated heterocycles. The van der Waals surface area contributed by atoms with Crippen LogP contribution < -0.4 is 10.1 Å². The zero-order chi connectivity index (χ0) is 17.7. The molecule has 0 saturated carbocycles. The van der Waals surface area contributed by atoms with Gasteiger partial charge in [-0.05, 0) is 17.7 Å². The summed E-state index contributed by atoms with van der Waals surface area (Å²) in [6.07, 6.45) is -2.62. The maximum Gasteiger partial charge on any atom is 0.333 e. The topological polar surface area (TPSA) is 125 Å². The van der Waals surface area contributed by atoms with Crippen LogP contribution in [0, 0.1) is 0 Å². The molecule has 0 aliphatic carbocycles. The molecule has 2 rings (SSSR count). The molecule has 0 bridgehead atoms. The van der Waals surface area contributed by atoms with Gasteiger partial charge in [0.2, 0.25) is 12.2 Å². The van der Waals surface area contributed by atoms with E-state index in [2.05, 4.69) is 5.32 Å². The molecule has 0 aromatic heterocycles. The van der Waals surface area contributed by atoms with E-state index in [9.17, 15) is 19.8 Å². The quantitative estimate of drug-likeness (QED) is 0.605. The van der Waals surface area contributed by atoms with Crippen LogP contribution >= 0.6 is 0 Å². The summed E-state index contributed by atoms with van der Waals surface area (Å²) in [7, 11) is 0. The maximum atomic E-state index is 11.6. The molecule has 1 fully saturated rings. The number of carboxylic acid groups (broad SMARTS) is 1. The van der Waals surface area contributed by atoms with Gasteiger partial charge in [0.1, 0.15) is 5.75 Å². The van der Waals surface area contributed by atoms with Gasteiger partial charge in [0.15, 0.2) is 6.10 Å². The van der Waals surface area contributed by atoms with E-state index in [0.717, 1.165) is 0 Å². The first-order valence-corrected chi connectivity index (χ1v) is 7.69. The van der Waals surface area contributed by atoms with Gasteiger partial charge in [0, 0.05) is 19.3 Å². The summed E-state index contributed by atoms with van der Waals surface area (Å²) >= 11 is 0. The molecule has 0 radical (unpaired) electrons. The predicted octanol–water partition coefficient (Wildman–Crippen LogP) is 0.857. The number of aliphatic hydroxyl groups excluding tert-OH is 2. The van der Waals surface area contributed by atoms with Crippen LogP contribution in [0.15, 0.2) is 18.2 Å². The minimum atomic E-state index is -1.18. The molecule has 132 valence electrons. The molecule has 4 N–H and O–H groups in total. The number of rotatable bonds is 6. The second-order valence-electron chi connectivity index (χ2n) is 5.53. The Kier molecular flexibility index (Phi) is 6.13. The number of hydrogen-bond donors (Lipinski definition) is 4. The highest BCUT2D eigenvalue weighted by atomic mass is 16.7. The Morgan fingerprint density at radius 2 is 2.12 bits per heavy atom. The van der Waals surface area contributed by atoms with Gasteiger partial charge in [-0.3, -0.25) is 4.79 Å². The molecule has 1 aromatic rings. The molecule has 8 heteroatoms. The summed E-state index contributed by atoms with van der Waals surface area (Å²) in [6.45, 7) is 1.49. The molecule has 3 atom stereocenters. The number of carbonyl (C=O) groups is 2. The van der Waals surface area contributed by atoms with Crippen molar-refractivity contribution in [2.24, 2.45) is 0 Å². The minimum absolute atomic E-state index is 0.00863. The molecule has 1 heterocycles. The first-order chi connectivity index (χ1) is 11.4. The van der Waals surface area contributed by atoms with Crippen molar-refractivity contribution in [3.8, 4) is 5.75 Å². The maximum absolute atomic E-state index is 11.6. The lowest BCUT2D eigenvalue weighted by Gasteiger charge is -2.31. The van der Waals surface area contributed by atoms with Crippen molar-refractivity contribution in [2.75, 3.05) is 5.32 Å². The van der Waals surface area contributed by atoms with Gasteiger partial charge in [0.05, 0.1) is 18.4 Å². The van der Waals surface area contributed by atoms with Crippen molar-refractivity contribution in [3.05, 3.63) is 23.8 Å². The monoisotopic (exact) mass is 339 g/mol. The van der Waals surface area contributed by atoms with E-state index >= 15 is 0 Å². The summed E-state index contributed by atoms with van der Waals surface area (Å²) < 4.78 is 11.0. The number of carbonyl (C=O) groups excluding carboxylic acids is 1. The van der Waals surface area contributed by atoms with Gasteiger partial charge in [-0.1, -0.05) is 13.0 Å². The molecule has 24 heavy (non-hydrogen) atoms. The van der Waals surface area contributed by atoms with E-state index in [1.54, 1.807) is 19.1 Å². The Labute approximate surface area is 139 Å². The van der Waals surface area contributed by atoms with Gasteiger partial charge >= 0.3 is 5.97 Å². The van der Waals surface area contributed by atoms with Gasteiger partial charge in [-0.2, -0.15) is 0 Å². The van der Waals surface area contributed by atoms with E-state index in [-0.39, 0.29) is 37.5 Å². The summed E-state index contributed by atoms with van der Waals surface area (Å²) in [5.41, 5.74) is 0.945. The van der Waals surface area contributed by atoms with E-state index < -0.39 is 24.5 Å². The average molecular weight is 339 g/mol. The standard InChI is InChI=1S/C16H21NO7/c1-2-14(20)17-11-4-3-9(8-18)5-12(11)23-15-7-10(19)6-13(24-15)16(21)22/h3-5,10,13,15,18-19H,2,6-8H2,1H3,(H,17,20)(H,21,22). The van der Waals surface area contributed by atoms with Crippen molar-refractivity contribution in [3.63, 3.8) is 0 Å². The minimum Gasteiger partial charge on any atom is -0.479 e. The molecule has 3 unspecified atom stereocenters. The highest BCUT2D eigenvalue weighted by Gasteiger charge is 2.34. The molecule has 0 spiro atoms. The number of aliphatic carboxylic acids is 1. The van der Waals surface area contributed by atoms with Crippen LogP contribution in [0.5, 0.6) is 5.75 Å². The Balaban J connectivity index is 2.19. The summed E-state index contributed by atoms with van der Waals surface area (Å²) in [6, 6.07) is 4.75. The van der Waals surface area contributed by atoms with Crippen LogP contribution in [0.1, 0.15) is 31.7 Å². The van der Waals surface area contributed by atoms with Gasteiger partial charge in [0.25, 0.3) is 0 Å². The normalized spacial score (nSPS) is 23.5. The molecule has 1 amide bonds. The van der Waals surface area contributed by atoms with Gasteiger partial charge < -0.3 is 30.1 Å². The second kappa shape index (κ2) is 8.09. The van der Waals surface area contributed by atoms with Gasteiger partial charge in [-0.25, -0.2) is 4.79 Å². The number of carboxylic acids is 1. The number of anilines is 1. The summed E-state index contributed by atoms with van der Waals surface area (Å²) in [5.74, 6) is -1.15. The Hall–Kier alpha value is -2.16. The van der Waals surface area contributed by atoms with Crippen molar-refractivity contribution < 1.29 is 34.4 Å². The second-order valence-corrected chi connectivity index (χ2v) is 5.53. The highest BCUT2D eigenvalue weighted by molar-refractivity contribution is 5.92. The Bertz CT molecular complexity index is 604. The Morgan fingerprint density at radius 3 is 2.75 bits per heavy atom. The predicted molar refractivity (Wildman–Crippen MR) is 83.5 cm³/mol. The fraction of sp³-hybridized carbons (Fsp3) is 0.500. The van der Waals surface area contributed by atoms with Crippen molar-refractivity contribution in [1.29, 1.82) is 0 Å². The van der Waals surface area contributed by atoms with Crippen LogP contribution in [0.3, 0.4) is 0 Å². The molecular weight excluding hydrogens is 318 g/mol. The number of hydrogen-bond acceptors (Lipinski definition) is 6. The lowest BCUT2D eigenvalue weighted by atomic mass is 10.1. The third-order valence-electron chi connectivity index (χ3n) is 3.62. The van der Waals surface area contributed by atoms with Crippen molar-refractivity contribution >= 4 is 17.6 Å². The zero-order valence-electron chi connectivity index (χ0n) is 13.3. The highest BCUT2D eigenvalue weighted by Crippen LogP contribution is 2.30. The zero-order valence-corrected chi connectivity index (χ0v) is 13.3. The lowest BCUT2D eigenvalue weighted by molar-refractivity contribution is -0.195. The smallest absolute Gasteiger partial charge is 0.333 e. The SMILES string of the molecule is CCC(=O)Nc1ccc(CO)cc1OC1CC(O)CC(C(=O)O)O1. The van der Waals surface area contributed by atoms with Gasteiger partial charge in [-0.15, -0.1) is 0 Å². The summed E-state index contributed by atoms with van der Waals surface area (Å²) in [5, 5.41) is 30.8. The summed E-state index contributed by atoms with van der Waals surface area (Å²) in [4.78, 5) is 22.7. The van der Waals surface area contributed by atoms with Crippen molar-refractivity contribution in [2.45, 2.75) is 51.3 Å². The molecule has 8 nitrogen and oxygen atoms in total. The van der Waals surface area contributed by atoms with E-state index in [0.29, 0.717) is 11.3 Å². The van der Waals surface area contributed by atoms with Crippen LogP contribution in [-0.4, -0.2) is 45.7 Å². The van der Waals surface area contributed by atoms with E-state index in [4.69, 9.17) is 14.6 Å². The molecule has 1 aliphatic rings. The molecule has 1 aliphatic heterocycles. The average Bonchev–Trinajstić information content (AvgIpc) is 2.55. The first kappa shape index (κ1) is 18.2. The third-order valence-corrected chi connectivity index (χ3v) is 3.62. The Morgan fingerprint density at radius 1 is 1.38 bits per heavy atom. The van der Waals surface area contributed by atoms with Crippen LogP contribution in [0.2, 0.25) is 0 Å². The van der Waals surface area contributed by atoms with E-state index in [1.165, 1.54) is 6.07 Å². The third kappa shape index (κ3) is 4.67. The molecule has 1 aromatic carbocycles. The first-order valence-electron chi connectivity index (χ1n) is 7.69. The number of aliphatic hydroxyl groups is 2. The number of amides is 1. The van der Waals surface area contributed by atoms with Crippen LogP contribution in [-0.2, 0) is 20.9 Å². The van der Waals surface area contributed by atoms with E-state index in [1.807, 2.05) is 0 Å². The number of benzene rings is 1. The van der Waals surface area contributed by atoms with Crippen molar-refractivity contribution in [1.82, 2.24) is 0 Å². The van der Waals surface area contributed by atoms with Crippen LogP contribution in [0.25, 0.3) is 0 Å². The largest absolute Gasteiger partial charge is 0.479 e. The number of nitrogens with one attached hydrogen (secondary N) is 1. The lowest BCUT2D eigenvalue weighted by Crippen LogP contribution is -2.42. The number of ether oxygens (including phenoxy) is 2. The fourth-order valence-corrected chi connectivity index (χ4v) is 2.34. The molecular formula is C16H21NO7. The van der Waals surface area contributed by atoms with Crippen LogP contribution in [0.4, 0.5) is 5.69 Å².